The third kappa shape index (κ3) is 2.98. The van der Waals surface area contributed by atoms with Crippen LogP contribution in [0, 0.1) is 0 Å². The lowest BCUT2D eigenvalue weighted by atomic mass is 10.7. The van der Waals surface area contributed by atoms with E-state index in [1.807, 2.05) is 7.05 Å². The normalized spacial score (nSPS) is 8.78. The minimum Gasteiger partial charge on any atom is -0.483 e. The summed E-state index contributed by atoms with van der Waals surface area (Å²) < 4.78 is 9.63. The van der Waals surface area contributed by atoms with E-state index < -0.39 is 0 Å². The summed E-state index contributed by atoms with van der Waals surface area (Å²) in [6.07, 6.45) is 0. The topological polar surface area (TPSA) is 21.7 Å². The standard InChI is InChI=1S/C6H13NO2/c1-6(9-4)7(2)5-8-3/h1,5H2,2-4H3. The average molecular weight is 131 g/mol. The molecule has 0 aliphatic heterocycles. The van der Waals surface area contributed by atoms with Gasteiger partial charge < -0.3 is 14.4 Å². The molecule has 54 valence electrons. The number of rotatable bonds is 4. The number of hydrogen-bond donors (Lipinski definition) is 0. The summed E-state index contributed by atoms with van der Waals surface area (Å²) in [6.45, 7) is 4.12. The van der Waals surface area contributed by atoms with Crippen molar-refractivity contribution in [2.45, 2.75) is 0 Å². The minimum absolute atomic E-state index is 0.507. The third-order valence-corrected chi connectivity index (χ3v) is 0.984. The van der Waals surface area contributed by atoms with Crippen LogP contribution < -0.4 is 0 Å². The molecule has 0 aromatic carbocycles. The zero-order valence-corrected chi connectivity index (χ0v) is 6.18. The molecule has 9 heavy (non-hydrogen) atoms. The number of hydrogen-bond acceptors (Lipinski definition) is 3. The number of nitrogens with zero attached hydrogens (tertiary/aromatic N) is 1. The molecule has 0 spiro atoms. The maximum Gasteiger partial charge on any atom is 0.183 e. The fourth-order valence-corrected chi connectivity index (χ4v) is 0.421. The second kappa shape index (κ2) is 4.21. The Kier molecular flexibility index (Phi) is 3.88. The molecule has 3 nitrogen and oxygen atoms in total. The van der Waals surface area contributed by atoms with E-state index in [0.717, 1.165) is 0 Å². The van der Waals surface area contributed by atoms with Gasteiger partial charge in [0, 0.05) is 14.2 Å². The lowest BCUT2D eigenvalue weighted by molar-refractivity contribution is 0.0580. The Morgan fingerprint density at radius 3 is 2.44 bits per heavy atom. The second-order valence-electron chi connectivity index (χ2n) is 1.71. The first-order valence-electron chi connectivity index (χ1n) is 2.65. The van der Waals surface area contributed by atoms with Gasteiger partial charge in [0.15, 0.2) is 5.88 Å². The van der Waals surface area contributed by atoms with Crippen LogP contribution in [0.5, 0.6) is 0 Å². The summed E-state index contributed by atoms with van der Waals surface area (Å²) in [5, 5.41) is 0. The van der Waals surface area contributed by atoms with Crippen molar-refractivity contribution in [3.8, 4) is 0 Å². The van der Waals surface area contributed by atoms with E-state index in [1.54, 1.807) is 19.1 Å². The molecule has 0 bridgehead atoms. The molecule has 0 aliphatic carbocycles. The molecular weight excluding hydrogens is 118 g/mol. The maximum atomic E-state index is 4.82. The predicted molar refractivity (Wildman–Crippen MR) is 35.8 cm³/mol. The maximum absolute atomic E-state index is 4.82. The molecule has 0 fully saturated rings. The predicted octanol–water partition coefficient (Wildman–Crippen LogP) is 0.640. The van der Waals surface area contributed by atoms with E-state index in [2.05, 4.69) is 6.58 Å². The molecule has 0 amide bonds. The van der Waals surface area contributed by atoms with Gasteiger partial charge in [0.25, 0.3) is 0 Å². The highest BCUT2D eigenvalue weighted by Gasteiger charge is 1.97. The summed E-state index contributed by atoms with van der Waals surface area (Å²) in [4.78, 5) is 1.76. The summed E-state index contributed by atoms with van der Waals surface area (Å²) in [6, 6.07) is 0. The van der Waals surface area contributed by atoms with Crippen molar-refractivity contribution >= 4 is 0 Å². The summed E-state index contributed by atoms with van der Waals surface area (Å²) in [7, 11) is 5.04. The molecule has 0 atom stereocenters. The molecule has 0 saturated carbocycles. The number of ether oxygens (including phenoxy) is 2. The lowest BCUT2D eigenvalue weighted by Gasteiger charge is -2.17. The Hall–Kier alpha value is -0.700. The van der Waals surface area contributed by atoms with Gasteiger partial charge in [-0.05, 0) is 6.58 Å². The van der Waals surface area contributed by atoms with Gasteiger partial charge in [-0.15, -0.1) is 0 Å². The summed E-state index contributed by atoms with van der Waals surface area (Å²) >= 11 is 0. The molecule has 0 aromatic rings. The molecule has 0 unspecified atom stereocenters. The van der Waals surface area contributed by atoms with Crippen molar-refractivity contribution < 1.29 is 9.47 Å². The Labute approximate surface area is 55.9 Å². The molecule has 0 radical (unpaired) electrons. The van der Waals surface area contributed by atoms with Gasteiger partial charge in [-0.1, -0.05) is 0 Å². The Balaban J connectivity index is 3.45. The minimum atomic E-state index is 0.507. The lowest BCUT2D eigenvalue weighted by Crippen LogP contribution is -2.20. The zero-order chi connectivity index (χ0) is 7.28. The zero-order valence-electron chi connectivity index (χ0n) is 6.18. The molecule has 0 heterocycles. The van der Waals surface area contributed by atoms with Crippen molar-refractivity contribution in [1.82, 2.24) is 4.90 Å². The molecule has 0 saturated heterocycles. The van der Waals surface area contributed by atoms with E-state index in [-0.39, 0.29) is 0 Å². The molecule has 0 N–H and O–H groups in total. The van der Waals surface area contributed by atoms with Crippen LogP contribution in [0.3, 0.4) is 0 Å². The third-order valence-electron chi connectivity index (χ3n) is 0.984. The quantitative estimate of drug-likeness (QED) is 0.413. The van der Waals surface area contributed by atoms with Crippen LogP contribution in [0.25, 0.3) is 0 Å². The van der Waals surface area contributed by atoms with E-state index >= 15 is 0 Å². The van der Waals surface area contributed by atoms with E-state index in [4.69, 9.17) is 9.47 Å². The van der Waals surface area contributed by atoms with Crippen molar-refractivity contribution in [3.05, 3.63) is 12.5 Å². The summed E-state index contributed by atoms with van der Waals surface area (Å²) in [5.74, 6) is 0.608. The monoisotopic (exact) mass is 131 g/mol. The van der Waals surface area contributed by atoms with Gasteiger partial charge >= 0.3 is 0 Å². The fraction of sp³-hybridized carbons (Fsp3) is 0.667. The van der Waals surface area contributed by atoms with Gasteiger partial charge in [0.2, 0.25) is 0 Å². The Morgan fingerprint density at radius 2 is 2.11 bits per heavy atom. The van der Waals surface area contributed by atoms with E-state index in [1.165, 1.54) is 0 Å². The molecule has 3 heteroatoms. The van der Waals surface area contributed by atoms with Crippen molar-refractivity contribution in [1.29, 1.82) is 0 Å². The van der Waals surface area contributed by atoms with Gasteiger partial charge in [0.1, 0.15) is 6.73 Å². The Bertz CT molecular complexity index is 93.1. The Morgan fingerprint density at radius 1 is 1.56 bits per heavy atom. The van der Waals surface area contributed by atoms with Crippen LogP contribution in [-0.2, 0) is 9.47 Å². The van der Waals surface area contributed by atoms with Crippen LogP contribution in [0.4, 0.5) is 0 Å². The molecule has 0 aliphatic rings. The van der Waals surface area contributed by atoms with Gasteiger partial charge in [-0.25, -0.2) is 0 Å². The van der Waals surface area contributed by atoms with Gasteiger partial charge in [-0.3, -0.25) is 0 Å². The summed E-state index contributed by atoms with van der Waals surface area (Å²) in [5.41, 5.74) is 0. The van der Waals surface area contributed by atoms with E-state index in [9.17, 15) is 0 Å². The van der Waals surface area contributed by atoms with Crippen LogP contribution in [0.2, 0.25) is 0 Å². The van der Waals surface area contributed by atoms with Crippen LogP contribution in [0.15, 0.2) is 12.5 Å². The van der Waals surface area contributed by atoms with Crippen molar-refractivity contribution in [2.75, 3.05) is 28.0 Å². The number of methoxy groups -OCH3 is 2. The SMILES string of the molecule is C=C(OC)N(C)COC. The first-order chi connectivity index (χ1) is 4.22. The average Bonchev–Trinajstić information content (AvgIpc) is 1.87. The van der Waals surface area contributed by atoms with Crippen LogP contribution in [0.1, 0.15) is 0 Å². The molecule has 0 rings (SSSR count). The molecular formula is C6H13NO2. The smallest absolute Gasteiger partial charge is 0.183 e. The van der Waals surface area contributed by atoms with Gasteiger partial charge in [0.05, 0.1) is 7.11 Å². The highest BCUT2D eigenvalue weighted by Crippen LogP contribution is 1.96. The largest absolute Gasteiger partial charge is 0.483 e. The fourth-order valence-electron chi connectivity index (χ4n) is 0.421. The molecule has 0 aromatic heterocycles. The first kappa shape index (κ1) is 8.30. The highest BCUT2D eigenvalue weighted by atomic mass is 16.5. The van der Waals surface area contributed by atoms with E-state index in [0.29, 0.717) is 12.6 Å². The van der Waals surface area contributed by atoms with Crippen molar-refractivity contribution in [2.24, 2.45) is 0 Å². The highest BCUT2D eigenvalue weighted by molar-refractivity contribution is 4.77. The van der Waals surface area contributed by atoms with Crippen molar-refractivity contribution in [3.63, 3.8) is 0 Å². The second-order valence-corrected chi connectivity index (χ2v) is 1.71. The van der Waals surface area contributed by atoms with Crippen LogP contribution >= 0.6 is 0 Å². The van der Waals surface area contributed by atoms with Crippen LogP contribution in [-0.4, -0.2) is 32.9 Å². The van der Waals surface area contributed by atoms with Gasteiger partial charge in [-0.2, -0.15) is 0 Å². The first-order valence-corrected chi connectivity index (χ1v) is 2.65.